The molecule has 1 N–H and O–H groups in total. The van der Waals surface area contributed by atoms with E-state index in [2.05, 4.69) is 80.3 Å². The van der Waals surface area contributed by atoms with Gasteiger partial charge in [0.05, 0.1) is 5.69 Å². The number of nitrogens with zero attached hydrogens (tertiary/aromatic N) is 1. The lowest BCUT2D eigenvalue weighted by Gasteiger charge is -2.23. The van der Waals surface area contributed by atoms with E-state index in [0.717, 1.165) is 23.2 Å². The maximum Gasteiger partial charge on any atom is 0.180 e. The normalized spacial score (nSPS) is 15.7. The Kier molecular flexibility index (Phi) is 5.04. The highest BCUT2D eigenvalue weighted by molar-refractivity contribution is 6.00. The molecular formula is C29H29NO2. The maximum absolute atomic E-state index is 9.84. The number of aliphatic hydroxyl groups is 1. The van der Waals surface area contributed by atoms with Crippen molar-refractivity contribution in [3.63, 3.8) is 0 Å². The summed E-state index contributed by atoms with van der Waals surface area (Å²) in [5.74, 6) is 0. The molecule has 32 heavy (non-hydrogen) atoms. The van der Waals surface area contributed by atoms with Crippen LogP contribution in [0.4, 0.5) is 11.4 Å². The highest BCUT2D eigenvalue weighted by atomic mass is 16.6. The van der Waals surface area contributed by atoms with Gasteiger partial charge in [-0.15, -0.1) is 0 Å². The molecule has 0 aromatic heterocycles. The quantitative estimate of drug-likeness (QED) is 0.363. The molecule has 1 atom stereocenters. The lowest BCUT2D eigenvalue weighted by Crippen LogP contribution is -2.25. The predicted molar refractivity (Wildman–Crippen MR) is 133 cm³/mol. The lowest BCUT2D eigenvalue weighted by molar-refractivity contribution is -0.0769. The summed E-state index contributed by atoms with van der Waals surface area (Å²) >= 11 is 0. The summed E-state index contributed by atoms with van der Waals surface area (Å²) in [6.45, 7) is 7.89. The summed E-state index contributed by atoms with van der Waals surface area (Å²) in [4.78, 5) is 2.48. The topological polar surface area (TPSA) is 32.7 Å². The molecule has 3 heteroatoms. The minimum atomic E-state index is -0.886. The number of anilines is 2. The zero-order valence-corrected chi connectivity index (χ0v) is 19.1. The van der Waals surface area contributed by atoms with E-state index < -0.39 is 6.29 Å². The molecule has 5 rings (SSSR count). The van der Waals surface area contributed by atoms with Gasteiger partial charge in [-0.3, -0.25) is 0 Å². The van der Waals surface area contributed by atoms with Crippen LogP contribution in [-0.2, 0) is 10.2 Å². The summed E-state index contributed by atoms with van der Waals surface area (Å²) < 4.78 is 4.99. The molecule has 3 nitrogen and oxygen atoms in total. The van der Waals surface area contributed by atoms with Crippen LogP contribution in [0.3, 0.4) is 0 Å². The first-order valence-corrected chi connectivity index (χ1v) is 11.1. The van der Waals surface area contributed by atoms with Crippen LogP contribution in [0.5, 0.6) is 0 Å². The van der Waals surface area contributed by atoms with E-state index in [-0.39, 0.29) is 5.41 Å². The Balaban J connectivity index is 1.54. The average Bonchev–Trinajstić information content (AvgIpc) is 3.11. The van der Waals surface area contributed by atoms with E-state index >= 15 is 0 Å². The van der Waals surface area contributed by atoms with Gasteiger partial charge in [-0.1, -0.05) is 80.6 Å². The van der Waals surface area contributed by atoms with E-state index in [9.17, 15) is 5.11 Å². The highest BCUT2D eigenvalue weighted by Gasteiger charge is 2.38. The monoisotopic (exact) mass is 423 g/mol. The number of hydrogen-bond donors (Lipinski definition) is 1. The summed E-state index contributed by atoms with van der Waals surface area (Å²) in [6, 6.07) is 27.7. The first kappa shape index (κ1) is 20.7. The van der Waals surface area contributed by atoms with Crippen molar-refractivity contribution in [2.75, 3.05) is 18.6 Å². The van der Waals surface area contributed by atoms with E-state index in [1.54, 1.807) is 0 Å². The maximum atomic E-state index is 9.84. The van der Waals surface area contributed by atoms with E-state index in [1.165, 1.54) is 40.4 Å². The Bertz CT molecular complexity index is 1270. The predicted octanol–water partition coefficient (Wildman–Crippen LogP) is 6.88. The van der Waals surface area contributed by atoms with Crippen molar-refractivity contribution in [3.05, 3.63) is 95.6 Å². The van der Waals surface area contributed by atoms with E-state index in [4.69, 9.17) is 4.74 Å². The molecular weight excluding hydrogens is 394 g/mol. The molecule has 0 amide bonds. The van der Waals surface area contributed by atoms with Gasteiger partial charge in [0.25, 0.3) is 0 Å². The zero-order valence-electron chi connectivity index (χ0n) is 19.1. The fourth-order valence-corrected chi connectivity index (χ4v) is 5.18. The molecule has 0 spiro atoms. The van der Waals surface area contributed by atoms with Gasteiger partial charge in [-0.2, -0.15) is 0 Å². The summed E-state index contributed by atoms with van der Waals surface area (Å²) in [7, 11) is 1.50. The Labute approximate surface area is 189 Å². The van der Waals surface area contributed by atoms with Crippen LogP contribution in [0, 0.1) is 6.92 Å². The van der Waals surface area contributed by atoms with Crippen LogP contribution in [-0.4, -0.2) is 18.8 Å². The van der Waals surface area contributed by atoms with Gasteiger partial charge in [0.1, 0.15) is 0 Å². The van der Waals surface area contributed by atoms with Gasteiger partial charge < -0.3 is 14.7 Å². The smallest absolute Gasteiger partial charge is 0.180 e. The number of hydrogen-bond acceptors (Lipinski definition) is 3. The van der Waals surface area contributed by atoms with Crippen LogP contribution >= 0.6 is 0 Å². The Hall–Kier alpha value is -3.14. The van der Waals surface area contributed by atoms with Crippen LogP contribution in [0.15, 0.2) is 78.9 Å². The van der Waals surface area contributed by atoms with Crippen molar-refractivity contribution < 1.29 is 9.84 Å². The van der Waals surface area contributed by atoms with E-state index in [1.807, 2.05) is 24.3 Å². The molecule has 1 heterocycles. The summed E-state index contributed by atoms with van der Waals surface area (Å²) in [5, 5.41) is 12.4. The molecule has 4 aromatic rings. The van der Waals surface area contributed by atoms with Crippen LogP contribution < -0.4 is 4.90 Å². The number of fused-ring (bicyclic) bond motifs is 3. The molecule has 0 fully saturated rings. The first-order valence-electron chi connectivity index (χ1n) is 11.1. The first-order chi connectivity index (χ1) is 15.4. The van der Waals surface area contributed by atoms with Crippen molar-refractivity contribution in [1.29, 1.82) is 0 Å². The fourth-order valence-electron chi connectivity index (χ4n) is 5.18. The minimum Gasteiger partial charge on any atom is -0.364 e. The molecule has 0 saturated carbocycles. The number of methoxy groups -OCH3 is 1. The molecule has 0 saturated heterocycles. The Morgan fingerprint density at radius 2 is 1.53 bits per heavy atom. The summed E-state index contributed by atoms with van der Waals surface area (Å²) in [6.07, 6.45) is -0.886. The Morgan fingerprint density at radius 1 is 0.906 bits per heavy atom. The third-order valence-electron chi connectivity index (χ3n) is 6.65. The van der Waals surface area contributed by atoms with Crippen molar-refractivity contribution >= 4 is 22.1 Å². The third-order valence-corrected chi connectivity index (χ3v) is 6.65. The molecule has 1 aliphatic heterocycles. The largest absolute Gasteiger partial charge is 0.364 e. The van der Waals surface area contributed by atoms with Crippen LogP contribution in [0.2, 0.25) is 0 Å². The fraction of sp³-hybridized carbons (Fsp3) is 0.241. The molecule has 4 aromatic carbocycles. The van der Waals surface area contributed by atoms with Gasteiger partial charge >= 0.3 is 0 Å². The molecule has 0 radical (unpaired) electrons. The molecule has 0 bridgehead atoms. The van der Waals surface area contributed by atoms with Crippen molar-refractivity contribution in [1.82, 2.24) is 0 Å². The van der Waals surface area contributed by atoms with Gasteiger partial charge in [-0.25, -0.2) is 0 Å². The van der Waals surface area contributed by atoms with Crippen LogP contribution in [0.1, 0.15) is 36.8 Å². The number of rotatable bonds is 4. The highest BCUT2D eigenvalue weighted by Crippen LogP contribution is 2.49. The Morgan fingerprint density at radius 3 is 2.19 bits per heavy atom. The van der Waals surface area contributed by atoms with Gasteiger partial charge in [0, 0.05) is 35.7 Å². The molecule has 0 unspecified atom stereocenters. The number of benzene rings is 4. The second kappa shape index (κ2) is 7.77. The van der Waals surface area contributed by atoms with Crippen molar-refractivity contribution in [2.24, 2.45) is 0 Å². The molecule has 162 valence electrons. The van der Waals surface area contributed by atoms with E-state index in [0.29, 0.717) is 0 Å². The van der Waals surface area contributed by atoms with Gasteiger partial charge in [0.2, 0.25) is 0 Å². The second-order valence-electron chi connectivity index (χ2n) is 9.37. The third kappa shape index (κ3) is 3.38. The van der Waals surface area contributed by atoms with Crippen molar-refractivity contribution in [2.45, 2.75) is 32.5 Å². The minimum absolute atomic E-state index is 0.0835. The standard InChI is InChI=1S/C29H29NO2/c1-19-17-23-7-5-6-8-25(23)27-26(19)29(2,3)18-30(27)24-15-13-21(14-16-24)20-9-11-22(12-10-20)28(31)32-4/h5-17,28,31H,18H2,1-4H3/t28-/m1/s1. The SMILES string of the molecule is CO[C@@H](O)c1ccc(-c2ccc(N3CC(C)(C)c4c(C)cc5ccccc5c43)cc2)cc1. The average molecular weight is 424 g/mol. The molecule has 1 aliphatic rings. The number of aliphatic hydroxyl groups excluding tert-OH is 1. The lowest BCUT2D eigenvalue weighted by atomic mass is 9.83. The van der Waals surface area contributed by atoms with Crippen LogP contribution in [0.25, 0.3) is 21.9 Å². The van der Waals surface area contributed by atoms with Gasteiger partial charge in [0.15, 0.2) is 6.29 Å². The zero-order chi connectivity index (χ0) is 22.5. The number of aryl methyl sites for hydroxylation is 1. The molecule has 0 aliphatic carbocycles. The van der Waals surface area contributed by atoms with Crippen molar-refractivity contribution in [3.8, 4) is 11.1 Å². The summed E-state index contributed by atoms with van der Waals surface area (Å²) in [5.41, 5.74) is 8.48. The number of ether oxygens (including phenoxy) is 1. The second-order valence-corrected chi connectivity index (χ2v) is 9.37. The van der Waals surface area contributed by atoms with Gasteiger partial charge in [-0.05, 0) is 46.7 Å².